The smallest absolute Gasteiger partial charge is 0.118 e. The summed E-state index contributed by atoms with van der Waals surface area (Å²) in [4.78, 5) is 0. The molecule has 1 aromatic rings. The minimum absolute atomic E-state index is 0.544. The average Bonchev–Trinajstić information content (AvgIpc) is 2.46. The maximum Gasteiger partial charge on any atom is 0.118 e. The van der Waals surface area contributed by atoms with Crippen molar-refractivity contribution in [3.05, 3.63) is 29.8 Å². The molecule has 2 rings (SSSR count). The molecule has 1 heterocycles. The summed E-state index contributed by atoms with van der Waals surface area (Å²) in [6.07, 6.45) is 3.41. The average molecular weight is 249 g/mol. The van der Waals surface area contributed by atoms with Crippen LogP contribution in [0.5, 0.6) is 5.75 Å². The molecule has 1 N–H and O–H groups in total. The van der Waals surface area contributed by atoms with Gasteiger partial charge in [-0.2, -0.15) is 0 Å². The van der Waals surface area contributed by atoms with Gasteiger partial charge in [0.2, 0.25) is 0 Å². The highest BCUT2D eigenvalue weighted by atomic mass is 16.5. The van der Waals surface area contributed by atoms with Crippen molar-refractivity contribution >= 4 is 0 Å². The van der Waals surface area contributed by atoms with Crippen LogP contribution in [0.2, 0.25) is 0 Å². The molecule has 0 radical (unpaired) electrons. The van der Waals surface area contributed by atoms with E-state index in [1.165, 1.54) is 18.4 Å². The Balaban J connectivity index is 1.95. The highest BCUT2D eigenvalue weighted by Crippen LogP contribution is 2.22. The van der Waals surface area contributed by atoms with Crippen LogP contribution in [-0.4, -0.2) is 33.4 Å². The Hall–Kier alpha value is -1.06. The first-order valence-electron chi connectivity index (χ1n) is 6.71. The van der Waals surface area contributed by atoms with Crippen molar-refractivity contribution in [2.24, 2.45) is 5.92 Å². The fourth-order valence-electron chi connectivity index (χ4n) is 2.64. The van der Waals surface area contributed by atoms with Gasteiger partial charge in [-0.15, -0.1) is 0 Å². The Morgan fingerprint density at radius 3 is 2.50 bits per heavy atom. The standard InChI is InChI=1S/C15H23NO2/c1-16-15(13-7-9-18-10-8-13)11-12-3-5-14(17-2)6-4-12/h3-6,13,15-16H,7-11H2,1-2H3. The third kappa shape index (κ3) is 3.47. The fourth-order valence-corrected chi connectivity index (χ4v) is 2.64. The van der Waals surface area contributed by atoms with Crippen molar-refractivity contribution in [2.45, 2.75) is 25.3 Å². The van der Waals surface area contributed by atoms with Gasteiger partial charge >= 0.3 is 0 Å². The van der Waals surface area contributed by atoms with Crippen LogP contribution < -0.4 is 10.1 Å². The zero-order chi connectivity index (χ0) is 12.8. The molecule has 0 spiro atoms. The van der Waals surface area contributed by atoms with Gasteiger partial charge in [-0.05, 0) is 49.9 Å². The van der Waals surface area contributed by atoms with E-state index in [-0.39, 0.29) is 0 Å². The topological polar surface area (TPSA) is 30.5 Å². The Kier molecular flexibility index (Phi) is 5.02. The molecule has 1 unspecified atom stereocenters. The second kappa shape index (κ2) is 6.76. The molecule has 0 aliphatic carbocycles. The third-order valence-corrected chi connectivity index (χ3v) is 3.82. The fraction of sp³-hybridized carbons (Fsp3) is 0.600. The van der Waals surface area contributed by atoms with Crippen molar-refractivity contribution in [3.63, 3.8) is 0 Å². The summed E-state index contributed by atoms with van der Waals surface area (Å²) in [5.74, 6) is 1.65. The number of methoxy groups -OCH3 is 1. The summed E-state index contributed by atoms with van der Waals surface area (Å²) in [7, 11) is 3.76. The Morgan fingerprint density at radius 2 is 1.94 bits per heavy atom. The second-order valence-corrected chi connectivity index (χ2v) is 4.90. The maximum absolute atomic E-state index is 5.43. The number of ether oxygens (including phenoxy) is 2. The van der Waals surface area contributed by atoms with Crippen molar-refractivity contribution in [3.8, 4) is 5.75 Å². The lowest BCUT2D eigenvalue weighted by Gasteiger charge is -2.30. The molecular weight excluding hydrogens is 226 g/mol. The highest BCUT2D eigenvalue weighted by Gasteiger charge is 2.22. The summed E-state index contributed by atoms with van der Waals surface area (Å²) in [6, 6.07) is 8.92. The summed E-state index contributed by atoms with van der Waals surface area (Å²) in [5.41, 5.74) is 1.36. The highest BCUT2D eigenvalue weighted by molar-refractivity contribution is 5.27. The van der Waals surface area contributed by atoms with Gasteiger partial charge < -0.3 is 14.8 Å². The first kappa shape index (κ1) is 13.4. The number of likely N-dealkylation sites (N-methyl/N-ethyl adjacent to an activating group) is 1. The lowest BCUT2D eigenvalue weighted by atomic mass is 9.88. The van der Waals surface area contributed by atoms with Gasteiger partial charge in [-0.25, -0.2) is 0 Å². The molecule has 0 aromatic heterocycles. The second-order valence-electron chi connectivity index (χ2n) is 4.90. The lowest BCUT2D eigenvalue weighted by Crippen LogP contribution is -2.38. The summed E-state index contributed by atoms with van der Waals surface area (Å²) < 4.78 is 10.6. The minimum atomic E-state index is 0.544. The van der Waals surface area contributed by atoms with Gasteiger partial charge in [0.05, 0.1) is 7.11 Å². The monoisotopic (exact) mass is 249 g/mol. The predicted octanol–water partition coefficient (Wildman–Crippen LogP) is 2.25. The molecule has 3 heteroatoms. The maximum atomic E-state index is 5.43. The SMILES string of the molecule is CNC(Cc1ccc(OC)cc1)C1CCOCC1. The van der Waals surface area contributed by atoms with Crippen LogP contribution in [-0.2, 0) is 11.2 Å². The molecule has 1 aliphatic heterocycles. The molecule has 0 amide bonds. The van der Waals surface area contributed by atoms with Gasteiger partial charge in [0.1, 0.15) is 5.75 Å². The number of nitrogens with one attached hydrogen (secondary N) is 1. The van der Waals surface area contributed by atoms with Crippen LogP contribution in [0, 0.1) is 5.92 Å². The number of rotatable bonds is 5. The molecule has 18 heavy (non-hydrogen) atoms. The number of hydrogen-bond acceptors (Lipinski definition) is 3. The largest absolute Gasteiger partial charge is 0.497 e. The molecule has 100 valence electrons. The van der Waals surface area contributed by atoms with Crippen molar-refractivity contribution in [1.82, 2.24) is 5.32 Å². The van der Waals surface area contributed by atoms with E-state index in [9.17, 15) is 0 Å². The van der Waals surface area contributed by atoms with Gasteiger partial charge in [-0.1, -0.05) is 12.1 Å². The van der Waals surface area contributed by atoms with Crippen LogP contribution >= 0.6 is 0 Å². The van der Waals surface area contributed by atoms with Gasteiger partial charge in [0.15, 0.2) is 0 Å². The molecule has 1 aliphatic rings. The zero-order valence-corrected chi connectivity index (χ0v) is 11.3. The lowest BCUT2D eigenvalue weighted by molar-refractivity contribution is 0.0547. The van der Waals surface area contributed by atoms with E-state index in [2.05, 4.69) is 24.5 Å². The summed E-state index contributed by atoms with van der Waals surface area (Å²) >= 11 is 0. The van der Waals surface area contributed by atoms with Crippen molar-refractivity contribution in [2.75, 3.05) is 27.4 Å². The summed E-state index contributed by atoms with van der Waals surface area (Å²) in [5, 5.41) is 3.46. The van der Waals surface area contributed by atoms with Gasteiger partial charge in [0, 0.05) is 19.3 Å². The van der Waals surface area contributed by atoms with E-state index in [0.717, 1.165) is 31.3 Å². The Labute approximate surface area is 109 Å². The minimum Gasteiger partial charge on any atom is -0.497 e. The van der Waals surface area contributed by atoms with Crippen LogP contribution in [0.4, 0.5) is 0 Å². The molecule has 0 saturated carbocycles. The van der Waals surface area contributed by atoms with E-state index >= 15 is 0 Å². The van der Waals surface area contributed by atoms with Crippen LogP contribution in [0.3, 0.4) is 0 Å². The molecule has 3 nitrogen and oxygen atoms in total. The number of benzene rings is 1. The Morgan fingerprint density at radius 1 is 1.28 bits per heavy atom. The van der Waals surface area contributed by atoms with E-state index in [1.54, 1.807) is 7.11 Å². The molecule has 0 bridgehead atoms. The third-order valence-electron chi connectivity index (χ3n) is 3.82. The molecule has 1 fully saturated rings. The molecular formula is C15H23NO2. The van der Waals surface area contributed by atoms with Crippen LogP contribution in [0.15, 0.2) is 24.3 Å². The van der Waals surface area contributed by atoms with Gasteiger partial charge in [-0.3, -0.25) is 0 Å². The normalized spacial score (nSPS) is 18.6. The van der Waals surface area contributed by atoms with Crippen molar-refractivity contribution < 1.29 is 9.47 Å². The number of hydrogen-bond donors (Lipinski definition) is 1. The molecule has 1 atom stereocenters. The summed E-state index contributed by atoms with van der Waals surface area (Å²) in [6.45, 7) is 1.82. The Bertz CT molecular complexity index is 344. The van der Waals surface area contributed by atoms with E-state index in [4.69, 9.17) is 9.47 Å². The molecule has 1 aromatic carbocycles. The zero-order valence-electron chi connectivity index (χ0n) is 11.3. The van der Waals surface area contributed by atoms with Crippen molar-refractivity contribution in [1.29, 1.82) is 0 Å². The first-order valence-corrected chi connectivity index (χ1v) is 6.71. The van der Waals surface area contributed by atoms with E-state index < -0.39 is 0 Å². The van der Waals surface area contributed by atoms with E-state index in [0.29, 0.717) is 6.04 Å². The van der Waals surface area contributed by atoms with E-state index in [1.807, 2.05) is 12.1 Å². The first-order chi connectivity index (χ1) is 8.83. The quantitative estimate of drug-likeness (QED) is 0.868. The predicted molar refractivity (Wildman–Crippen MR) is 73.1 cm³/mol. The van der Waals surface area contributed by atoms with Crippen LogP contribution in [0.1, 0.15) is 18.4 Å². The van der Waals surface area contributed by atoms with Gasteiger partial charge in [0.25, 0.3) is 0 Å². The van der Waals surface area contributed by atoms with Crippen LogP contribution in [0.25, 0.3) is 0 Å². The molecule has 1 saturated heterocycles.